The van der Waals surface area contributed by atoms with Gasteiger partial charge in [0, 0.05) is 20.2 Å². The number of aliphatic hydroxyl groups is 1. The number of hydrogen-bond acceptors (Lipinski definition) is 2. The molecule has 0 unspecified atom stereocenters. The molecule has 0 bridgehead atoms. The van der Waals surface area contributed by atoms with E-state index < -0.39 is 0 Å². The van der Waals surface area contributed by atoms with E-state index in [9.17, 15) is 4.79 Å². The van der Waals surface area contributed by atoms with Gasteiger partial charge in [-0.25, -0.2) is 0 Å². The Hall–Kier alpha value is -0.710. The summed E-state index contributed by atoms with van der Waals surface area (Å²) < 4.78 is 0. The molecule has 2 N–H and O–H groups in total. The van der Waals surface area contributed by atoms with Crippen LogP contribution in [0.3, 0.4) is 0 Å². The first-order chi connectivity index (χ1) is 8.06. The Kier molecular flexibility index (Phi) is 5.82. The van der Waals surface area contributed by atoms with Crippen LogP contribution in [0.1, 0.15) is 29.8 Å². The summed E-state index contributed by atoms with van der Waals surface area (Å²) in [5.41, 5.74) is 0.393. The van der Waals surface area contributed by atoms with Crippen molar-refractivity contribution in [1.82, 2.24) is 9.88 Å². The van der Waals surface area contributed by atoms with Gasteiger partial charge in [-0.1, -0.05) is 23.2 Å². The standard InChI is InChI=1S/C11H16Cl2N2O2/c1-15(5-3-2-4-6-16)11(17)9-7-8(12)10(13)14-9/h7,14,16H,2-6H2,1H3. The number of aromatic amines is 1. The summed E-state index contributed by atoms with van der Waals surface area (Å²) in [7, 11) is 1.73. The number of H-pyrrole nitrogens is 1. The van der Waals surface area contributed by atoms with E-state index in [1.165, 1.54) is 6.07 Å². The number of carbonyl (C=O) groups is 1. The number of aromatic nitrogens is 1. The molecule has 0 aliphatic rings. The number of rotatable bonds is 6. The Bertz CT molecular complexity index is 360. The average molecular weight is 279 g/mol. The number of halogens is 2. The maximum Gasteiger partial charge on any atom is 0.270 e. The van der Waals surface area contributed by atoms with Crippen LogP contribution < -0.4 is 0 Å². The number of nitrogens with zero attached hydrogens (tertiary/aromatic N) is 1. The molecule has 1 aromatic heterocycles. The normalized spacial score (nSPS) is 10.6. The number of aliphatic hydroxyl groups excluding tert-OH is 1. The smallest absolute Gasteiger partial charge is 0.270 e. The van der Waals surface area contributed by atoms with Gasteiger partial charge >= 0.3 is 0 Å². The van der Waals surface area contributed by atoms with Crippen molar-refractivity contribution in [2.75, 3.05) is 20.2 Å². The maximum absolute atomic E-state index is 11.9. The molecular formula is C11H16Cl2N2O2. The highest BCUT2D eigenvalue weighted by atomic mass is 35.5. The quantitative estimate of drug-likeness (QED) is 0.786. The van der Waals surface area contributed by atoms with Crippen LogP contribution in [0.15, 0.2) is 6.07 Å². The van der Waals surface area contributed by atoms with E-state index in [2.05, 4.69) is 4.98 Å². The number of amides is 1. The van der Waals surface area contributed by atoms with Crippen LogP contribution in [0.2, 0.25) is 10.2 Å². The van der Waals surface area contributed by atoms with E-state index in [4.69, 9.17) is 28.3 Å². The summed E-state index contributed by atoms with van der Waals surface area (Å²) in [6.07, 6.45) is 2.54. The van der Waals surface area contributed by atoms with Gasteiger partial charge in [0.15, 0.2) is 0 Å². The van der Waals surface area contributed by atoms with E-state index in [1.54, 1.807) is 11.9 Å². The highest BCUT2D eigenvalue weighted by Gasteiger charge is 2.15. The predicted octanol–water partition coefficient (Wildman–Crippen LogP) is 2.56. The molecule has 0 aliphatic carbocycles. The minimum Gasteiger partial charge on any atom is -0.396 e. The minimum atomic E-state index is -0.136. The largest absolute Gasteiger partial charge is 0.396 e. The number of unbranched alkanes of at least 4 members (excludes halogenated alkanes) is 2. The molecule has 0 saturated heterocycles. The molecule has 0 radical (unpaired) electrons. The van der Waals surface area contributed by atoms with Crippen LogP contribution in [0.5, 0.6) is 0 Å². The molecule has 0 aliphatic heterocycles. The summed E-state index contributed by atoms with van der Waals surface area (Å²) >= 11 is 11.5. The Morgan fingerprint density at radius 3 is 2.65 bits per heavy atom. The molecule has 17 heavy (non-hydrogen) atoms. The molecule has 0 atom stereocenters. The molecule has 0 saturated carbocycles. The third kappa shape index (κ3) is 4.22. The zero-order chi connectivity index (χ0) is 12.8. The fourth-order valence-electron chi connectivity index (χ4n) is 1.46. The van der Waals surface area contributed by atoms with Gasteiger partial charge in [0.1, 0.15) is 10.8 Å². The molecule has 0 spiro atoms. The molecular weight excluding hydrogens is 263 g/mol. The van der Waals surface area contributed by atoms with Gasteiger partial charge < -0.3 is 15.0 Å². The van der Waals surface area contributed by atoms with Crippen LogP contribution in [-0.2, 0) is 0 Å². The van der Waals surface area contributed by atoms with Crippen molar-refractivity contribution in [1.29, 1.82) is 0 Å². The maximum atomic E-state index is 11.9. The molecule has 1 rings (SSSR count). The zero-order valence-corrected chi connectivity index (χ0v) is 11.2. The van der Waals surface area contributed by atoms with E-state index in [0.29, 0.717) is 17.3 Å². The van der Waals surface area contributed by atoms with Crippen molar-refractivity contribution in [2.45, 2.75) is 19.3 Å². The molecule has 6 heteroatoms. The van der Waals surface area contributed by atoms with E-state index in [1.807, 2.05) is 0 Å². The monoisotopic (exact) mass is 278 g/mol. The second kappa shape index (κ2) is 6.89. The summed E-state index contributed by atoms with van der Waals surface area (Å²) in [6, 6.07) is 1.52. The second-order valence-electron chi connectivity index (χ2n) is 3.86. The lowest BCUT2D eigenvalue weighted by atomic mass is 10.2. The fraction of sp³-hybridized carbons (Fsp3) is 0.545. The van der Waals surface area contributed by atoms with Gasteiger partial charge in [-0.3, -0.25) is 4.79 Å². The Balaban J connectivity index is 2.46. The summed E-state index contributed by atoms with van der Waals surface area (Å²) in [6.45, 7) is 0.840. The van der Waals surface area contributed by atoms with Crippen molar-refractivity contribution in [2.24, 2.45) is 0 Å². The first-order valence-corrected chi connectivity index (χ1v) is 6.22. The van der Waals surface area contributed by atoms with Gasteiger partial charge in [-0.05, 0) is 25.3 Å². The van der Waals surface area contributed by atoms with Crippen molar-refractivity contribution in [3.8, 4) is 0 Å². The topological polar surface area (TPSA) is 56.3 Å². The second-order valence-corrected chi connectivity index (χ2v) is 4.64. The number of hydrogen-bond donors (Lipinski definition) is 2. The molecule has 1 heterocycles. The molecule has 1 amide bonds. The summed E-state index contributed by atoms with van der Waals surface area (Å²) in [4.78, 5) is 16.2. The lowest BCUT2D eigenvalue weighted by Crippen LogP contribution is -2.28. The van der Waals surface area contributed by atoms with Gasteiger partial charge in [0.2, 0.25) is 0 Å². The lowest BCUT2D eigenvalue weighted by Gasteiger charge is -2.15. The predicted molar refractivity (Wildman–Crippen MR) is 68.7 cm³/mol. The van der Waals surface area contributed by atoms with Gasteiger partial charge in [-0.2, -0.15) is 0 Å². The third-order valence-corrected chi connectivity index (χ3v) is 3.15. The molecule has 1 aromatic rings. The molecule has 0 fully saturated rings. The third-order valence-electron chi connectivity index (χ3n) is 2.45. The van der Waals surface area contributed by atoms with Crippen molar-refractivity contribution in [3.63, 3.8) is 0 Å². The van der Waals surface area contributed by atoms with Crippen molar-refractivity contribution in [3.05, 3.63) is 21.9 Å². The SMILES string of the molecule is CN(CCCCCO)C(=O)c1cc(Cl)c(Cl)[nH]1. The fourth-order valence-corrected chi connectivity index (χ4v) is 1.78. The van der Waals surface area contributed by atoms with Crippen LogP contribution in [0.25, 0.3) is 0 Å². The molecule has 0 aromatic carbocycles. The first kappa shape index (κ1) is 14.4. The van der Waals surface area contributed by atoms with E-state index >= 15 is 0 Å². The van der Waals surface area contributed by atoms with Crippen molar-refractivity contribution < 1.29 is 9.90 Å². The summed E-state index contributed by atoms with van der Waals surface area (Å²) in [5, 5.41) is 9.27. The van der Waals surface area contributed by atoms with Crippen molar-refractivity contribution >= 4 is 29.1 Å². The number of carbonyl (C=O) groups excluding carboxylic acids is 1. The van der Waals surface area contributed by atoms with E-state index in [0.717, 1.165) is 19.3 Å². The van der Waals surface area contributed by atoms with E-state index in [-0.39, 0.29) is 17.7 Å². The molecule has 4 nitrogen and oxygen atoms in total. The van der Waals surface area contributed by atoms with Crippen LogP contribution in [-0.4, -0.2) is 41.1 Å². The highest BCUT2D eigenvalue weighted by Crippen LogP contribution is 2.22. The first-order valence-electron chi connectivity index (χ1n) is 5.46. The Morgan fingerprint density at radius 1 is 1.41 bits per heavy atom. The summed E-state index contributed by atoms with van der Waals surface area (Å²) in [5.74, 6) is -0.136. The van der Waals surface area contributed by atoms with Crippen LogP contribution in [0.4, 0.5) is 0 Å². The molecule has 96 valence electrons. The van der Waals surface area contributed by atoms with Crippen LogP contribution >= 0.6 is 23.2 Å². The lowest BCUT2D eigenvalue weighted by molar-refractivity contribution is 0.0787. The zero-order valence-electron chi connectivity index (χ0n) is 9.67. The van der Waals surface area contributed by atoms with Gasteiger partial charge in [0.25, 0.3) is 5.91 Å². The highest BCUT2D eigenvalue weighted by molar-refractivity contribution is 6.41. The minimum absolute atomic E-state index is 0.136. The Labute approximate surface area is 111 Å². The number of nitrogens with one attached hydrogen (secondary N) is 1. The Morgan fingerprint density at radius 2 is 2.12 bits per heavy atom. The average Bonchev–Trinajstić information content (AvgIpc) is 2.64. The van der Waals surface area contributed by atoms with Gasteiger partial charge in [-0.15, -0.1) is 0 Å². The van der Waals surface area contributed by atoms with Crippen LogP contribution in [0, 0.1) is 0 Å². The van der Waals surface area contributed by atoms with Gasteiger partial charge in [0.05, 0.1) is 5.02 Å².